The van der Waals surface area contributed by atoms with Crippen LogP contribution < -0.4 is 0 Å². The van der Waals surface area contributed by atoms with Gasteiger partial charge in [-0.3, -0.25) is 10.1 Å². The molecule has 1 aromatic heterocycles. The molecule has 5 nitrogen and oxygen atoms in total. The van der Waals surface area contributed by atoms with Crippen molar-refractivity contribution >= 4 is 5.69 Å². The molecule has 0 radical (unpaired) electrons. The summed E-state index contributed by atoms with van der Waals surface area (Å²) in [5.74, 6) is 0.248. The molecule has 0 spiro atoms. The smallest absolute Gasteiger partial charge is 0.312 e. The van der Waals surface area contributed by atoms with E-state index >= 15 is 0 Å². The molecule has 0 aliphatic rings. The molecule has 0 amide bonds. The van der Waals surface area contributed by atoms with Crippen LogP contribution in [0.5, 0.6) is 0 Å². The largest absolute Gasteiger partial charge is 0.459 e. The molecule has 0 fully saturated rings. The van der Waals surface area contributed by atoms with Crippen molar-refractivity contribution in [3.63, 3.8) is 0 Å². The van der Waals surface area contributed by atoms with Crippen LogP contribution in [0.3, 0.4) is 0 Å². The average molecular weight is 157 g/mol. The summed E-state index contributed by atoms with van der Waals surface area (Å²) >= 11 is 0. The monoisotopic (exact) mass is 157 g/mol. The Kier molecular flexibility index (Phi) is 2.22. The van der Waals surface area contributed by atoms with Gasteiger partial charge in [0.2, 0.25) is 5.76 Å². The number of nitrogens with zero attached hydrogens (tertiary/aromatic N) is 1. The number of hydrogen-bond acceptors (Lipinski definition) is 4. The third-order valence-electron chi connectivity index (χ3n) is 1.19. The maximum atomic E-state index is 10.2. The molecule has 0 aromatic carbocycles. The summed E-state index contributed by atoms with van der Waals surface area (Å²) in [6, 6.07) is 1.30. The Labute approximate surface area is 62.7 Å². The highest BCUT2D eigenvalue weighted by Gasteiger charge is 2.15. The van der Waals surface area contributed by atoms with Gasteiger partial charge in [-0.1, -0.05) is 0 Å². The Morgan fingerprint density at radius 1 is 1.82 bits per heavy atom. The summed E-state index contributed by atoms with van der Waals surface area (Å²) in [6.07, 6.45) is 1.27. The summed E-state index contributed by atoms with van der Waals surface area (Å²) in [7, 11) is 1.45. The molecule has 11 heavy (non-hydrogen) atoms. The van der Waals surface area contributed by atoms with E-state index < -0.39 is 4.92 Å². The fourth-order valence-corrected chi connectivity index (χ4v) is 0.736. The van der Waals surface area contributed by atoms with E-state index in [1.54, 1.807) is 0 Å². The molecular formula is C6H7NO4. The summed E-state index contributed by atoms with van der Waals surface area (Å²) < 4.78 is 9.48. The fraction of sp³-hybridized carbons (Fsp3) is 0.333. The van der Waals surface area contributed by atoms with Gasteiger partial charge in [-0.15, -0.1) is 0 Å². The van der Waals surface area contributed by atoms with Gasteiger partial charge in [0.25, 0.3) is 0 Å². The standard InChI is InChI=1S/C6H7NO4/c1-10-4-6-5(7(8)9)2-3-11-6/h2-3H,4H2,1H3. The molecule has 1 heterocycles. The molecule has 1 aromatic rings. The van der Waals surface area contributed by atoms with Gasteiger partial charge in [-0.25, -0.2) is 0 Å². The predicted molar refractivity (Wildman–Crippen MR) is 36.1 cm³/mol. The molecular weight excluding hydrogens is 150 g/mol. The molecule has 5 heteroatoms. The first-order chi connectivity index (χ1) is 5.25. The van der Waals surface area contributed by atoms with Crippen molar-refractivity contribution in [2.24, 2.45) is 0 Å². The van der Waals surface area contributed by atoms with Crippen molar-refractivity contribution in [1.82, 2.24) is 0 Å². The predicted octanol–water partition coefficient (Wildman–Crippen LogP) is 1.33. The molecule has 0 N–H and O–H groups in total. The zero-order valence-electron chi connectivity index (χ0n) is 5.94. The zero-order valence-corrected chi connectivity index (χ0v) is 5.94. The first-order valence-corrected chi connectivity index (χ1v) is 2.95. The number of rotatable bonds is 3. The first kappa shape index (κ1) is 7.74. The van der Waals surface area contributed by atoms with Gasteiger partial charge in [0.15, 0.2) is 0 Å². The molecule has 0 saturated heterocycles. The lowest BCUT2D eigenvalue weighted by molar-refractivity contribution is -0.386. The van der Waals surface area contributed by atoms with Crippen molar-refractivity contribution in [2.75, 3.05) is 7.11 Å². The van der Waals surface area contributed by atoms with Crippen LogP contribution in [0.25, 0.3) is 0 Å². The molecule has 0 unspecified atom stereocenters. The normalized spacial score (nSPS) is 9.91. The van der Waals surface area contributed by atoms with Crippen molar-refractivity contribution in [3.05, 3.63) is 28.2 Å². The van der Waals surface area contributed by atoms with Gasteiger partial charge < -0.3 is 9.15 Å². The van der Waals surface area contributed by atoms with E-state index in [4.69, 9.17) is 4.42 Å². The average Bonchev–Trinajstić information content (AvgIpc) is 2.36. The van der Waals surface area contributed by atoms with Crippen molar-refractivity contribution in [2.45, 2.75) is 6.61 Å². The number of furan rings is 1. The van der Waals surface area contributed by atoms with Crippen molar-refractivity contribution < 1.29 is 14.1 Å². The quantitative estimate of drug-likeness (QED) is 0.490. The molecule has 1 rings (SSSR count). The molecule has 0 bridgehead atoms. The van der Waals surface area contributed by atoms with Gasteiger partial charge >= 0.3 is 5.69 Å². The Hall–Kier alpha value is -1.36. The van der Waals surface area contributed by atoms with E-state index in [-0.39, 0.29) is 18.1 Å². The Bertz CT molecular complexity index is 255. The van der Waals surface area contributed by atoms with Crippen LogP contribution in [-0.4, -0.2) is 12.0 Å². The zero-order chi connectivity index (χ0) is 8.27. The van der Waals surface area contributed by atoms with Crippen molar-refractivity contribution in [3.8, 4) is 0 Å². The van der Waals surface area contributed by atoms with Crippen LogP contribution in [0.15, 0.2) is 16.7 Å². The second-order valence-corrected chi connectivity index (χ2v) is 1.92. The molecule has 60 valence electrons. The highest BCUT2D eigenvalue weighted by molar-refractivity contribution is 5.31. The third-order valence-corrected chi connectivity index (χ3v) is 1.19. The molecule has 0 aliphatic heterocycles. The SMILES string of the molecule is COCc1occc1[N+](=O)[O-]. The summed E-state index contributed by atoms with van der Waals surface area (Å²) in [6.45, 7) is 0.128. The Morgan fingerprint density at radius 3 is 3.09 bits per heavy atom. The van der Waals surface area contributed by atoms with Crippen LogP contribution in [-0.2, 0) is 11.3 Å². The minimum atomic E-state index is -0.502. The second-order valence-electron chi connectivity index (χ2n) is 1.92. The fourth-order valence-electron chi connectivity index (χ4n) is 0.736. The lowest BCUT2D eigenvalue weighted by Crippen LogP contribution is -1.92. The minimum absolute atomic E-state index is 0.0353. The third kappa shape index (κ3) is 1.56. The Morgan fingerprint density at radius 2 is 2.55 bits per heavy atom. The van der Waals surface area contributed by atoms with Gasteiger partial charge in [0.05, 0.1) is 17.3 Å². The van der Waals surface area contributed by atoms with E-state index in [9.17, 15) is 10.1 Å². The number of hydrogen-bond donors (Lipinski definition) is 0. The van der Waals surface area contributed by atoms with Crippen molar-refractivity contribution in [1.29, 1.82) is 0 Å². The van der Waals surface area contributed by atoms with E-state index in [0.717, 1.165) is 0 Å². The topological polar surface area (TPSA) is 65.5 Å². The maximum absolute atomic E-state index is 10.2. The van der Waals surface area contributed by atoms with E-state index in [1.807, 2.05) is 0 Å². The van der Waals surface area contributed by atoms with Crippen LogP contribution >= 0.6 is 0 Å². The number of methoxy groups -OCH3 is 1. The summed E-state index contributed by atoms with van der Waals surface area (Å²) in [4.78, 5) is 9.75. The molecule has 0 atom stereocenters. The number of nitro groups is 1. The number of ether oxygens (including phenoxy) is 1. The summed E-state index contributed by atoms with van der Waals surface area (Å²) in [5, 5.41) is 10.2. The minimum Gasteiger partial charge on any atom is -0.459 e. The van der Waals surface area contributed by atoms with Crippen LogP contribution in [0.1, 0.15) is 5.76 Å². The van der Waals surface area contributed by atoms with Gasteiger partial charge in [0.1, 0.15) is 6.61 Å². The second kappa shape index (κ2) is 3.16. The van der Waals surface area contributed by atoms with Crippen LogP contribution in [0.4, 0.5) is 5.69 Å². The van der Waals surface area contributed by atoms with E-state index in [1.165, 1.54) is 19.4 Å². The van der Waals surface area contributed by atoms with E-state index in [0.29, 0.717) is 0 Å². The van der Waals surface area contributed by atoms with Gasteiger partial charge in [-0.2, -0.15) is 0 Å². The lowest BCUT2D eigenvalue weighted by atomic mass is 10.4. The summed E-state index contributed by atoms with van der Waals surface area (Å²) in [5.41, 5.74) is -0.0353. The lowest BCUT2D eigenvalue weighted by Gasteiger charge is -1.92. The molecule has 0 saturated carbocycles. The first-order valence-electron chi connectivity index (χ1n) is 2.95. The van der Waals surface area contributed by atoms with Gasteiger partial charge in [-0.05, 0) is 0 Å². The van der Waals surface area contributed by atoms with Crippen LogP contribution in [0.2, 0.25) is 0 Å². The van der Waals surface area contributed by atoms with Gasteiger partial charge in [0, 0.05) is 7.11 Å². The van der Waals surface area contributed by atoms with Crippen LogP contribution in [0, 0.1) is 10.1 Å². The highest BCUT2D eigenvalue weighted by atomic mass is 16.6. The maximum Gasteiger partial charge on any atom is 0.312 e. The van der Waals surface area contributed by atoms with E-state index in [2.05, 4.69) is 4.74 Å². The Balaban J connectivity index is 2.87. The highest BCUT2D eigenvalue weighted by Crippen LogP contribution is 2.19. The molecule has 0 aliphatic carbocycles.